The van der Waals surface area contributed by atoms with E-state index in [2.05, 4.69) is 53.0 Å². The molecule has 1 aromatic heterocycles. The third kappa shape index (κ3) is 4.67. The average molecular weight is 387 g/mol. The molecule has 1 fully saturated rings. The number of anilines is 2. The lowest BCUT2D eigenvalue weighted by molar-refractivity contribution is -0.114. The summed E-state index contributed by atoms with van der Waals surface area (Å²) in [6.45, 7) is 14.6. The Balaban J connectivity index is 2.04. The first-order valence-electron chi connectivity index (χ1n) is 10.5. The SMILES string of the molecule is CCCN(CCC)c1cc2c(CN3CCOCC3)c(C)[nH]c2cc1NC(C)=O. The van der Waals surface area contributed by atoms with Crippen LogP contribution in [0.3, 0.4) is 0 Å². The second-order valence-corrected chi connectivity index (χ2v) is 7.70. The number of rotatable bonds is 8. The van der Waals surface area contributed by atoms with Crippen molar-refractivity contribution in [3.8, 4) is 0 Å². The average Bonchev–Trinajstić information content (AvgIpc) is 2.96. The number of amides is 1. The van der Waals surface area contributed by atoms with E-state index in [1.165, 1.54) is 16.6 Å². The van der Waals surface area contributed by atoms with Crippen LogP contribution in [0.4, 0.5) is 11.4 Å². The number of aryl methyl sites for hydroxylation is 1. The van der Waals surface area contributed by atoms with E-state index in [-0.39, 0.29) is 5.91 Å². The van der Waals surface area contributed by atoms with Gasteiger partial charge in [0.05, 0.1) is 24.6 Å². The third-order valence-corrected chi connectivity index (χ3v) is 5.36. The minimum atomic E-state index is -0.0367. The molecule has 1 aliphatic rings. The van der Waals surface area contributed by atoms with Gasteiger partial charge >= 0.3 is 0 Å². The van der Waals surface area contributed by atoms with Crippen LogP contribution in [-0.4, -0.2) is 55.2 Å². The number of carbonyl (C=O) groups excluding carboxylic acids is 1. The molecule has 6 heteroatoms. The fourth-order valence-electron chi connectivity index (χ4n) is 4.05. The molecule has 1 aliphatic heterocycles. The van der Waals surface area contributed by atoms with Gasteiger partial charge in [-0.05, 0) is 37.5 Å². The monoisotopic (exact) mass is 386 g/mol. The van der Waals surface area contributed by atoms with Crippen LogP contribution >= 0.6 is 0 Å². The highest BCUT2D eigenvalue weighted by Gasteiger charge is 2.19. The van der Waals surface area contributed by atoms with Crippen molar-refractivity contribution in [3.63, 3.8) is 0 Å². The molecular weight excluding hydrogens is 352 g/mol. The lowest BCUT2D eigenvalue weighted by atomic mass is 10.1. The molecule has 6 nitrogen and oxygen atoms in total. The van der Waals surface area contributed by atoms with Gasteiger partial charge in [-0.25, -0.2) is 0 Å². The van der Waals surface area contributed by atoms with Crippen molar-refractivity contribution in [2.24, 2.45) is 0 Å². The van der Waals surface area contributed by atoms with Crippen LogP contribution in [0.25, 0.3) is 10.9 Å². The Labute approximate surface area is 168 Å². The van der Waals surface area contributed by atoms with Crippen LogP contribution in [0.2, 0.25) is 0 Å². The minimum Gasteiger partial charge on any atom is -0.379 e. The van der Waals surface area contributed by atoms with Gasteiger partial charge in [0.1, 0.15) is 0 Å². The van der Waals surface area contributed by atoms with Gasteiger partial charge in [0.2, 0.25) is 5.91 Å². The lowest BCUT2D eigenvalue weighted by Crippen LogP contribution is -2.35. The van der Waals surface area contributed by atoms with Crippen LogP contribution in [0.5, 0.6) is 0 Å². The highest BCUT2D eigenvalue weighted by molar-refractivity contribution is 5.99. The van der Waals surface area contributed by atoms with Crippen molar-refractivity contribution >= 4 is 28.2 Å². The number of aromatic amines is 1. The zero-order valence-electron chi connectivity index (χ0n) is 17.7. The van der Waals surface area contributed by atoms with Gasteiger partial charge in [-0.3, -0.25) is 9.69 Å². The van der Waals surface area contributed by atoms with Crippen molar-refractivity contribution in [1.82, 2.24) is 9.88 Å². The molecule has 1 aromatic carbocycles. The molecule has 0 saturated carbocycles. The van der Waals surface area contributed by atoms with Gasteiger partial charge in [0.15, 0.2) is 0 Å². The van der Waals surface area contributed by atoms with E-state index in [1.54, 1.807) is 6.92 Å². The molecule has 1 amide bonds. The lowest BCUT2D eigenvalue weighted by Gasteiger charge is -2.28. The molecular formula is C22H34N4O2. The number of benzene rings is 1. The molecule has 0 aliphatic carbocycles. The molecule has 0 atom stereocenters. The fourth-order valence-corrected chi connectivity index (χ4v) is 4.05. The van der Waals surface area contributed by atoms with E-state index in [4.69, 9.17) is 4.74 Å². The summed E-state index contributed by atoms with van der Waals surface area (Å²) in [6, 6.07) is 4.37. The number of nitrogens with one attached hydrogen (secondary N) is 2. The Kier molecular flexibility index (Phi) is 6.97. The highest BCUT2D eigenvalue weighted by atomic mass is 16.5. The van der Waals surface area contributed by atoms with Crippen LogP contribution < -0.4 is 10.2 Å². The number of morpholine rings is 1. The fraction of sp³-hybridized carbons (Fsp3) is 0.591. The summed E-state index contributed by atoms with van der Waals surface area (Å²) in [4.78, 5) is 20.2. The van der Waals surface area contributed by atoms with Gasteiger partial charge in [-0.1, -0.05) is 13.8 Å². The number of nitrogens with zero attached hydrogens (tertiary/aromatic N) is 2. The van der Waals surface area contributed by atoms with E-state index < -0.39 is 0 Å². The standard InChI is InChI=1S/C22H34N4O2/c1-5-7-26(8-6-2)22-13-18-19(15-25-9-11-28-12-10-25)16(3)23-20(18)14-21(22)24-17(4)27/h13-14,23H,5-12,15H2,1-4H3,(H,24,27). The van der Waals surface area contributed by atoms with Crippen molar-refractivity contribution in [3.05, 3.63) is 23.4 Å². The summed E-state index contributed by atoms with van der Waals surface area (Å²) in [5, 5.41) is 4.30. The zero-order chi connectivity index (χ0) is 20.1. The number of H-pyrrole nitrogens is 1. The van der Waals surface area contributed by atoms with Gasteiger partial charge in [-0.2, -0.15) is 0 Å². The largest absolute Gasteiger partial charge is 0.379 e. The first-order chi connectivity index (χ1) is 13.5. The van der Waals surface area contributed by atoms with Crippen LogP contribution in [0.15, 0.2) is 12.1 Å². The number of fused-ring (bicyclic) bond motifs is 1. The van der Waals surface area contributed by atoms with Crippen LogP contribution in [0, 0.1) is 6.92 Å². The first-order valence-corrected chi connectivity index (χ1v) is 10.5. The number of carbonyl (C=O) groups is 1. The summed E-state index contributed by atoms with van der Waals surface area (Å²) in [5.74, 6) is -0.0367. The Morgan fingerprint density at radius 1 is 1.21 bits per heavy atom. The molecule has 3 rings (SSSR count). The van der Waals surface area contributed by atoms with Gasteiger partial charge < -0.3 is 19.9 Å². The molecule has 0 bridgehead atoms. The number of ether oxygens (including phenoxy) is 1. The first kappa shape index (κ1) is 20.7. The molecule has 2 heterocycles. The summed E-state index contributed by atoms with van der Waals surface area (Å²) in [7, 11) is 0. The minimum absolute atomic E-state index is 0.0367. The van der Waals surface area contributed by atoms with E-state index in [9.17, 15) is 4.79 Å². The molecule has 2 N–H and O–H groups in total. The molecule has 2 aromatic rings. The second-order valence-electron chi connectivity index (χ2n) is 7.70. The molecule has 28 heavy (non-hydrogen) atoms. The third-order valence-electron chi connectivity index (χ3n) is 5.36. The molecule has 1 saturated heterocycles. The van der Waals surface area contributed by atoms with Crippen LogP contribution in [0.1, 0.15) is 44.9 Å². The summed E-state index contributed by atoms with van der Waals surface area (Å²) in [6.07, 6.45) is 2.15. The number of aromatic nitrogens is 1. The topological polar surface area (TPSA) is 60.6 Å². The summed E-state index contributed by atoms with van der Waals surface area (Å²) in [5.41, 5.74) is 5.64. The van der Waals surface area contributed by atoms with E-state index >= 15 is 0 Å². The predicted octanol–water partition coefficient (Wildman–Crippen LogP) is 3.89. The molecule has 0 radical (unpaired) electrons. The highest BCUT2D eigenvalue weighted by Crippen LogP contribution is 2.35. The van der Waals surface area contributed by atoms with Crippen molar-refractivity contribution in [2.45, 2.75) is 47.1 Å². The number of hydrogen-bond donors (Lipinski definition) is 2. The maximum atomic E-state index is 11.8. The maximum Gasteiger partial charge on any atom is 0.221 e. The van der Waals surface area contributed by atoms with Gasteiger partial charge in [0, 0.05) is 56.2 Å². The van der Waals surface area contributed by atoms with Crippen molar-refractivity contribution in [1.29, 1.82) is 0 Å². The maximum absolute atomic E-state index is 11.8. The Morgan fingerprint density at radius 2 is 1.89 bits per heavy atom. The van der Waals surface area contributed by atoms with E-state index in [1.807, 2.05) is 0 Å². The normalized spacial score (nSPS) is 15.1. The Bertz CT molecular complexity index is 802. The quantitative estimate of drug-likeness (QED) is 0.722. The van der Waals surface area contributed by atoms with Crippen molar-refractivity contribution in [2.75, 3.05) is 49.6 Å². The van der Waals surface area contributed by atoms with Gasteiger partial charge in [0.25, 0.3) is 0 Å². The zero-order valence-corrected chi connectivity index (χ0v) is 17.7. The summed E-state index contributed by atoms with van der Waals surface area (Å²) >= 11 is 0. The molecule has 0 unspecified atom stereocenters. The Morgan fingerprint density at radius 3 is 2.50 bits per heavy atom. The van der Waals surface area contributed by atoms with Crippen LogP contribution in [-0.2, 0) is 16.1 Å². The Hall–Kier alpha value is -2.05. The molecule has 0 spiro atoms. The summed E-state index contributed by atoms with van der Waals surface area (Å²) < 4.78 is 5.50. The smallest absolute Gasteiger partial charge is 0.221 e. The number of hydrogen-bond acceptors (Lipinski definition) is 4. The van der Waals surface area contributed by atoms with Crippen molar-refractivity contribution < 1.29 is 9.53 Å². The van der Waals surface area contributed by atoms with E-state index in [0.717, 1.165) is 75.7 Å². The molecule has 154 valence electrons. The second kappa shape index (κ2) is 9.43. The van der Waals surface area contributed by atoms with E-state index in [0.29, 0.717) is 0 Å². The van der Waals surface area contributed by atoms with Gasteiger partial charge in [-0.15, -0.1) is 0 Å². The predicted molar refractivity (Wildman–Crippen MR) is 116 cm³/mol.